The lowest BCUT2D eigenvalue weighted by atomic mass is 10.1. The standard InChI is InChI=1S/C12H18ClNO3S/c1-9-4-5-12(13)6-11(9)7-14-18(15,16)8-10(2)17-3/h4-6,10,14H,7-8H2,1-3H3/t10-/m1/s1. The van der Waals surface area contributed by atoms with Crippen LogP contribution >= 0.6 is 11.6 Å². The third kappa shape index (κ3) is 4.94. The Labute approximate surface area is 113 Å². The minimum atomic E-state index is -3.34. The minimum Gasteiger partial charge on any atom is -0.381 e. The zero-order valence-corrected chi connectivity index (χ0v) is 12.3. The van der Waals surface area contributed by atoms with Crippen LogP contribution in [0.3, 0.4) is 0 Å². The van der Waals surface area contributed by atoms with Crippen LogP contribution in [0.2, 0.25) is 5.02 Å². The van der Waals surface area contributed by atoms with Gasteiger partial charge >= 0.3 is 0 Å². The lowest BCUT2D eigenvalue weighted by molar-refractivity contribution is 0.136. The molecule has 0 radical (unpaired) electrons. The molecular weight excluding hydrogens is 274 g/mol. The van der Waals surface area contributed by atoms with Crippen molar-refractivity contribution < 1.29 is 13.2 Å². The first-order valence-electron chi connectivity index (χ1n) is 5.59. The summed E-state index contributed by atoms with van der Waals surface area (Å²) in [6.45, 7) is 3.87. The molecule has 1 rings (SSSR count). The Balaban J connectivity index is 2.67. The van der Waals surface area contributed by atoms with Crippen LogP contribution in [0.5, 0.6) is 0 Å². The number of hydrogen-bond donors (Lipinski definition) is 1. The summed E-state index contributed by atoms with van der Waals surface area (Å²) in [6.07, 6.45) is -0.331. The fourth-order valence-electron chi connectivity index (χ4n) is 1.45. The normalized spacial score (nSPS) is 13.6. The molecule has 0 aliphatic rings. The van der Waals surface area contributed by atoms with Crippen molar-refractivity contribution in [1.82, 2.24) is 4.72 Å². The first-order valence-corrected chi connectivity index (χ1v) is 7.62. The van der Waals surface area contributed by atoms with Crippen LogP contribution in [-0.2, 0) is 21.3 Å². The Kier molecular flexibility index (Phi) is 5.59. The SMILES string of the molecule is CO[C@H](C)CS(=O)(=O)NCc1cc(Cl)ccc1C. The highest BCUT2D eigenvalue weighted by Gasteiger charge is 2.15. The van der Waals surface area contributed by atoms with E-state index in [1.807, 2.05) is 13.0 Å². The molecule has 1 N–H and O–H groups in total. The molecule has 0 fully saturated rings. The van der Waals surface area contributed by atoms with E-state index in [0.717, 1.165) is 11.1 Å². The first kappa shape index (κ1) is 15.4. The molecule has 0 bridgehead atoms. The molecule has 1 aromatic carbocycles. The summed E-state index contributed by atoms with van der Waals surface area (Å²) >= 11 is 5.88. The van der Waals surface area contributed by atoms with Gasteiger partial charge < -0.3 is 4.74 Å². The molecule has 6 heteroatoms. The summed E-state index contributed by atoms with van der Waals surface area (Å²) in [4.78, 5) is 0. The van der Waals surface area contributed by atoms with E-state index in [2.05, 4.69) is 4.72 Å². The van der Waals surface area contributed by atoms with Crippen molar-refractivity contribution in [2.45, 2.75) is 26.5 Å². The van der Waals surface area contributed by atoms with Gasteiger partial charge in [-0.15, -0.1) is 0 Å². The topological polar surface area (TPSA) is 55.4 Å². The van der Waals surface area contributed by atoms with E-state index in [1.165, 1.54) is 7.11 Å². The van der Waals surface area contributed by atoms with E-state index < -0.39 is 10.0 Å². The van der Waals surface area contributed by atoms with Gasteiger partial charge in [0.05, 0.1) is 11.9 Å². The van der Waals surface area contributed by atoms with E-state index in [-0.39, 0.29) is 18.4 Å². The summed E-state index contributed by atoms with van der Waals surface area (Å²) in [5, 5.41) is 0.597. The van der Waals surface area contributed by atoms with Crippen LogP contribution in [0, 0.1) is 6.92 Å². The maximum Gasteiger partial charge on any atom is 0.214 e. The highest BCUT2D eigenvalue weighted by molar-refractivity contribution is 7.89. The maximum absolute atomic E-state index is 11.7. The highest BCUT2D eigenvalue weighted by Crippen LogP contribution is 2.15. The molecule has 0 aliphatic heterocycles. The molecule has 1 aromatic rings. The third-order valence-corrected chi connectivity index (χ3v) is 4.38. The second kappa shape index (κ2) is 6.52. The number of rotatable bonds is 6. The number of aryl methyl sites for hydroxylation is 1. The van der Waals surface area contributed by atoms with Crippen LogP contribution in [0.15, 0.2) is 18.2 Å². The predicted molar refractivity (Wildman–Crippen MR) is 73.3 cm³/mol. The second-order valence-corrected chi connectivity index (χ2v) is 6.51. The van der Waals surface area contributed by atoms with E-state index >= 15 is 0 Å². The van der Waals surface area contributed by atoms with Crippen LogP contribution in [0.25, 0.3) is 0 Å². The predicted octanol–water partition coefficient (Wildman–Crippen LogP) is 2.10. The number of methoxy groups -OCH3 is 1. The van der Waals surface area contributed by atoms with E-state index in [9.17, 15) is 8.42 Å². The van der Waals surface area contributed by atoms with Gasteiger partial charge in [-0.25, -0.2) is 13.1 Å². The Hall–Kier alpha value is -0.620. The Morgan fingerprint density at radius 3 is 2.72 bits per heavy atom. The van der Waals surface area contributed by atoms with Gasteiger partial charge in [-0.05, 0) is 37.1 Å². The van der Waals surface area contributed by atoms with Gasteiger partial charge in [0, 0.05) is 18.7 Å². The number of benzene rings is 1. The van der Waals surface area contributed by atoms with Crippen LogP contribution in [-0.4, -0.2) is 27.4 Å². The molecule has 0 unspecified atom stereocenters. The summed E-state index contributed by atoms with van der Waals surface area (Å²) < 4.78 is 31.0. The van der Waals surface area contributed by atoms with Gasteiger partial charge in [0.15, 0.2) is 0 Å². The molecule has 1 atom stereocenters. The average Bonchev–Trinajstić information content (AvgIpc) is 2.30. The Morgan fingerprint density at radius 2 is 2.11 bits per heavy atom. The summed E-state index contributed by atoms with van der Waals surface area (Å²) in [7, 11) is -1.85. The Bertz CT molecular complexity index is 502. The largest absolute Gasteiger partial charge is 0.381 e. The second-order valence-electron chi connectivity index (χ2n) is 4.22. The van der Waals surface area contributed by atoms with Gasteiger partial charge in [-0.3, -0.25) is 0 Å². The quantitative estimate of drug-likeness (QED) is 0.873. The highest BCUT2D eigenvalue weighted by atomic mass is 35.5. The van der Waals surface area contributed by atoms with Crippen LogP contribution in [0.1, 0.15) is 18.1 Å². The van der Waals surface area contributed by atoms with Crippen LogP contribution in [0.4, 0.5) is 0 Å². The lowest BCUT2D eigenvalue weighted by Crippen LogP contribution is -2.31. The van der Waals surface area contributed by atoms with Crippen molar-refractivity contribution >= 4 is 21.6 Å². The molecule has 0 heterocycles. The van der Waals surface area contributed by atoms with Crippen molar-refractivity contribution in [2.24, 2.45) is 0 Å². The monoisotopic (exact) mass is 291 g/mol. The molecule has 0 saturated carbocycles. The van der Waals surface area contributed by atoms with Gasteiger partial charge in [-0.1, -0.05) is 17.7 Å². The minimum absolute atomic E-state index is 0.0525. The zero-order chi connectivity index (χ0) is 13.8. The smallest absolute Gasteiger partial charge is 0.214 e. The van der Waals surface area contributed by atoms with E-state index in [1.54, 1.807) is 19.1 Å². The number of halogens is 1. The molecule has 0 spiro atoms. The third-order valence-electron chi connectivity index (χ3n) is 2.65. The zero-order valence-electron chi connectivity index (χ0n) is 10.7. The average molecular weight is 292 g/mol. The maximum atomic E-state index is 11.7. The lowest BCUT2D eigenvalue weighted by Gasteiger charge is -2.12. The first-order chi connectivity index (χ1) is 8.34. The van der Waals surface area contributed by atoms with Crippen molar-refractivity contribution in [3.63, 3.8) is 0 Å². The van der Waals surface area contributed by atoms with Crippen LogP contribution < -0.4 is 4.72 Å². The molecular formula is C12H18ClNO3S. The molecule has 0 aliphatic carbocycles. The fourth-order valence-corrected chi connectivity index (χ4v) is 2.90. The molecule has 0 amide bonds. The van der Waals surface area contributed by atoms with Crippen molar-refractivity contribution in [2.75, 3.05) is 12.9 Å². The summed E-state index contributed by atoms with van der Waals surface area (Å²) in [6, 6.07) is 5.41. The van der Waals surface area contributed by atoms with Gasteiger partial charge in [-0.2, -0.15) is 0 Å². The number of hydrogen-bond acceptors (Lipinski definition) is 3. The van der Waals surface area contributed by atoms with E-state index in [0.29, 0.717) is 5.02 Å². The van der Waals surface area contributed by atoms with E-state index in [4.69, 9.17) is 16.3 Å². The van der Waals surface area contributed by atoms with Gasteiger partial charge in [0.2, 0.25) is 10.0 Å². The molecule has 18 heavy (non-hydrogen) atoms. The van der Waals surface area contributed by atoms with Gasteiger partial charge in [0.25, 0.3) is 0 Å². The van der Waals surface area contributed by atoms with Crippen molar-refractivity contribution in [3.05, 3.63) is 34.3 Å². The molecule has 4 nitrogen and oxygen atoms in total. The molecule has 102 valence electrons. The van der Waals surface area contributed by atoms with Gasteiger partial charge in [0.1, 0.15) is 0 Å². The summed E-state index contributed by atoms with van der Waals surface area (Å²) in [5.74, 6) is -0.0525. The molecule has 0 saturated heterocycles. The van der Waals surface area contributed by atoms with Crippen molar-refractivity contribution in [3.8, 4) is 0 Å². The number of nitrogens with one attached hydrogen (secondary N) is 1. The van der Waals surface area contributed by atoms with Crippen molar-refractivity contribution in [1.29, 1.82) is 0 Å². The Morgan fingerprint density at radius 1 is 1.44 bits per heavy atom. The fraction of sp³-hybridized carbons (Fsp3) is 0.500. The number of sulfonamides is 1. The molecule has 0 aromatic heterocycles. The summed E-state index contributed by atoms with van der Waals surface area (Å²) in [5.41, 5.74) is 1.87. The number of ether oxygens (including phenoxy) is 1.